The molecule has 0 bridgehead atoms. The lowest BCUT2D eigenvalue weighted by Crippen LogP contribution is -2.41. The van der Waals surface area contributed by atoms with Crippen molar-refractivity contribution >= 4 is 16.9 Å². The van der Waals surface area contributed by atoms with Crippen LogP contribution in [-0.4, -0.2) is 40.1 Å². The van der Waals surface area contributed by atoms with Crippen molar-refractivity contribution in [2.75, 3.05) is 20.1 Å². The molecule has 1 amide bonds. The van der Waals surface area contributed by atoms with Crippen LogP contribution in [0, 0.1) is 6.92 Å². The summed E-state index contributed by atoms with van der Waals surface area (Å²) in [6.07, 6.45) is 5.54. The SMILES string of the molecule is CNC(=O)Cn1c(=O)n(C2CCN(C3CCCc4cc(C)ccc43)CC2)c2ccccc21. The van der Waals surface area contributed by atoms with Crippen molar-refractivity contribution in [3.05, 3.63) is 69.6 Å². The smallest absolute Gasteiger partial charge is 0.329 e. The van der Waals surface area contributed by atoms with Crippen LogP contribution < -0.4 is 11.0 Å². The number of hydrogen-bond acceptors (Lipinski definition) is 3. The number of piperidine rings is 1. The number of hydrogen-bond donors (Lipinski definition) is 1. The van der Waals surface area contributed by atoms with Gasteiger partial charge in [-0.05, 0) is 62.3 Å². The summed E-state index contributed by atoms with van der Waals surface area (Å²) in [5, 5.41) is 2.63. The Hall–Kier alpha value is -2.86. The molecular formula is C26H32N4O2. The second-order valence-electron chi connectivity index (χ2n) is 9.28. The van der Waals surface area contributed by atoms with Crippen molar-refractivity contribution in [2.45, 2.75) is 57.7 Å². The molecule has 1 atom stereocenters. The Morgan fingerprint density at radius 2 is 1.81 bits per heavy atom. The molecule has 6 nitrogen and oxygen atoms in total. The number of rotatable bonds is 4. The van der Waals surface area contributed by atoms with E-state index in [1.165, 1.54) is 36.0 Å². The summed E-state index contributed by atoms with van der Waals surface area (Å²) in [6, 6.07) is 15.4. The highest BCUT2D eigenvalue weighted by Gasteiger charge is 2.31. The number of nitrogens with one attached hydrogen (secondary N) is 1. The average Bonchev–Trinajstić information content (AvgIpc) is 3.09. The molecule has 1 saturated heterocycles. The third kappa shape index (κ3) is 3.66. The van der Waals surface area contributed by atoms with Gasteiger partial charge in [-0.15, -0.1) is 0 Å². The average molecular weight is 433 g/mol. The van der Waals surface area contributed by atoms with Gasteiger partial charge in [0.15, 0.2) is 0 Å². The number of fused-ring (bicyclic) bond motifs is 2. The van der Waals surface area contributed by atoms with Crippen LogP contribution >= 0.6 is 0 Å². The molecule has 2 heterocycles. The summed E-state index contributed by atoms with van der Waals surface area (Å²) in [5.74, 6) is -0.156. The molecule has 0 spiro atoms. The Balaban J connectivity index is 1.39. The molecule has 2 aromatic carbocycles. The molecule has 1 aliphatic carbocycles. The molecule has 3 aromatic rings. The number of amides is 1. The predicted octanol–water partition coefficient (Wildman–Crippen LogP) is 3.57. The van der Waals surface area contributed by atoms with Crippen molar-refractivity contribution < 1.29 is 4.79 Å². The molecule has 1 aromatic heterocycles. The lowest BCUT2D eigenvalue weighted by atomic mass is 9.85. The van der Waals surface area contributed by atoms with Crippen LogP contribution in [0.2, 0.25) is 0 Å². The first kappa shape index (κ1) is 21.0. The van der Waals surface area contributed by atoms with Crippen LogP contribution in [-0.2, 0) is 17.8 Å². The van der Waals surface area contributed by atoms with Gasteiger partial charge in [0.1, 0.15) is 6.54 Å². The van der Waals surface area contributed by atoms with Gasteiger partial charge in [0.25, 0.3) is 0 Å². The number of aryl methyl sites for hydroxylation is 2. The lowest BCUT2D eigenvalue weighted by Gasteiger charge is -2.40. The first-order chi connectivity index (χ1) is 15.6. The van der Waals surface area contributed by atoms with E-state index >= 15 is 0 Å². The Morgan fingerprint density at radius 1 is 1.06 bits per heavy atom. The standard InChI is InChI=1S/C26H32N4O2/c1-18-10-11-21-19(16-18)6-5-9-22(21)28-14-12-20(13-15-28)30-24-8-4-3-7-23(24)29(26(30)32)17-25(31)27-2/h3-4,7-8,10-11,16,20,22H,5-6,9,12-15,17H2,1-2H3,(H,27,31). The second-order valence-corrected chi connectivity index (χ2v) is 9.28. The van der Waals surface area contributed by atoms with Crippen molar-refractivity contribution in [3.63, 3.8) is 0 Å². The van der Waals surface area contributed by atoms with E-state index in [1.54, 1.807) is 11.6 Å². The number of likely N-dealkylation sites (tertiary alicyclic amines) is 1. The minimum Gasteiger partial charge on any atom is -0.358 e. The first-order valence-electron chi connectivity index (χ1n) is 11.8. The second kappa shape index (κ2) is 8.58. The minimum atomic E-state index is -0.156. The molecular weight excluding hydrogens is 400 g/mol. The van der Waals surface area contributed by atoms with Gasteiger partial charge in [0, 0.05) is 32.2 Å². The molecule has 2 aliphatic rings. The number of aromatic nitrogens is 2. The molecule has 5 rings (SSSR count). The summed E-state index contributed by atoms with van der Waals surface area (Å²) in [6.45, 7) is 4.21. The maximum atomic E-state index is 13.4. The maximum Gasteiger partial charge on any atom is 0.329 e. The van der Waals surface area contributed by atoms with E-state index in [0.29, 0.717) is 6.04 Å². The predicted molar refractivity (Wildman–Crippen MR) is 127 cm³/mol. The molecule has 168 valence electrons. The van der Waals surface area contributed by atoms with Gasteiger partial charge in [-0.2, -0.15) is 0 Å². The third-order valence-electron chi connectivity index (χ3n) is 7.34. The Morgan fingerprint density at radius 3 is 2.56 bits per heavy atom. The zero-order valence-corrected chi connectivity index (χ0v) is 19.0. The topological polar surface area (TPSA) is 59.3 Å². The number of carbonyl (C=O) groups is 1. The minimum absolute atomic E-state index is 0.0555. The van der Waals surface area contributed by atoms with Gasteiger partial charge in [-0.1, -0.05) is 35.9 Å². The van der Waals surface area contributed by atoms with Gasteiger partial charge < -0.3 is 5.32 Å². The van der Waals surface area contributed by atoms with Gasteiger partial charge in [0.05, 0.1) is 11.0 Å². The van der Waals surface area contributed by atoms with E-state index in [4.69, 9.17) is 0 Å². The molecule has 6 heteroatoms. The quantitative estimate of drug-likeness (QED) is 0.686. The molecule has 1 N–H and O–H groups in total. The summed E-state index contributed by atoms with van der Waals surface area (Å²) < 4.78 is 3.55. The van der Waals surface area contributed by atoms with Crippen molar-refractivity contribution in [3.8, 4) is 0 Å². The van der Waals surface area contributed by atoms with Gasteiger partial charge in [-0.3, -0.25) is 18.8 Å². The highest BCUT2D eigenvalue weighted by molar-refractivity contribution is 5.80. The largest absolute Gasteiger partial charge is 0.358 e. The summed E-state index contributed by atoms with van der Waals surface area (Å²) in [4.78, 5) is 28.0. The highest BCUT2D eigenvalue weighted by Crippen LogP contribution is 2.38. The molecule has 1 unspecified atom stereocenters. The van der Waals surface area contributed by atoms with Crippen LogP contribution in [0.5, 0.6) is 0 Å². The van der Waals surface area contributed by atoms with E-state index in [2.05, 4.69) is 35.3 Å². The normalized spacial score (nSPS) is 19.8. The lowest BCUT2D eigenvalue weighted by molar-refractivity contribution is -0.121. The van der Waals surface area contributed by atoms with E-state index in [9.17, 15) is 9.59 Å². The van der Waals surface area contributed by atoms with E-state index < -0.39 is 0 Å². The Bertz CT molecular complexity index is 1200. The molecule has 32 heavy (non-hydrogen) atoms. The van der Waals surface area contributed by atoms with Crippen LogP contribution in [0.15, 0.2) is 47.3 Å². The third-order valence-corrected chi connectivity index (χ3v) is 7.34. The Labute approximate surface area is 188 Å². The van der Waals surface area contributed by atoms with Gasteiger partial charge in [0.2, 0.25) is 5.91 Å². The fraction of sp³-hybridized carbons (Fsp3) is 0.462. The van der Waals surface area contributed by atoms with E-state index in [1.807, 2.05) is 28.8 Å². The van der Waals surface area contributed by atoms with E-state index in [0.717, 1.165) is 37.0 Å². The molecule has 1 aliphatic heterocycles. The monoisotopic (exact) mass is 432 g/mol. The summed E-state index contributed by atoms with van der Waals surface area (Å²) in [7, 11) is 1.60. The molecule has 1 fully saturated rings. The first-order valence-corrected chi connectivity index (χ1v) is 11.8. The molecule has 0 saturated carbocycles. The van der Waals surface area contributed by atoms with Crippen LogP contribution in [0.25, 0.3) is 11.0 Å². The van der Waals surface area contributed by atoms with Crippen molar-refractivity contribution in [1.82, 2.24) is 19.4 Å². The fourth-order valence-electron chi connectivity index (χ4n) is 5.71. The summed E-state index contributed by atoms with van der Waals surface area (Å²) in [5.41, 5.74) is 6.04. The van der Waals surface area contributed by atoms with Crippen LogP contribution in [0.4, 0.5) is 0 Å². The van der Waals surface area contributed by atoms with E-state index in [-0.39, 0.29) is 24.2 Å². The number of para-hydroxylation sites is 2. The number of carbonyl (C=O) groups excluding carboxylic acids is 1. The number of imidazole rings is 1. The maximum absolute atomic E-state index is 13.4. The fourth-order valence-corrected chi connectivity index (χ4v) is 5.71. The van der Waals surface area contributed by atoms with Gasteiger partial charge in [-0.25, -0.2) is 4.79 Å². The number of benzene rings is 2. The Kier molecular flexibility index (Phi) is 5.64. The van der Waals surface area contributed by atoms with Gasteiger partial charge >= 0.3 is 5.69 Å². The van der Waals surface area contributed by atoms with Crippen LogP contribution in [0.1, 0.15) is 54.5 Å². The van der Waals surface area contributed by atoms with Crippen molar-refractivity contribution in [2.24, 2.45) is 0 Å². The number of likely N-dealkylation sites (N-methyl/N-ethyl adjacent to an activating group) is 1. The van der Waals surface area contributed by atoms with Crippen LogP contribution in [0.3, 0.4) is 0 Å². The molecule has 0 radical (unpaired) electrons. The zero-order valence-electron chi connectivity index (χ0n) is 19.0. The zero-order chi connectivity index (χ0) is 22.2. The number of nitrogens with zero attached hydrogens (tertiary/aromatic N) is 3. The van der Waals surface area contributed by atoms with Crippen molar-refractivity contribution in [1.29, 1.82) is 0 Å². The highest BCUT2D eigenvalue weighted by atomic mass is 16.2. The summed E-state index contributed by atoms with van der Waals surface area (Å²) >= 11 is 0.